The molecule has 0 saturated heterocycles. The lowest BCUT2D eigenvalue weighted by Gasteiger charge is -2.14. The number of hydrogen-bond acceptors (Lipinski definition) is 4. The number of carboxylic acids is 1. The summed E-state index contributed by atoms with van der Waals surface area (Å²) >= 11 is 0. The van der Waals surface area contributed by atoms with E-state index in [9.17, 15) is 4.79 Å². The van der Waals surface area contributed by atoms with Gasteiger partial charge >= 0.3 is 5.97 Å². The summed E-state index contributed by atoms with van der Waals surface area (Å²) in [5.41, 5.74) is 2.89. The van der Waals surface area contributed by atoms with E-state index in [0.29, 0.717) is 12.2 Å². The molecule has 0 radical (unpaired) electrons. The maximum Gasteiger partial charge on any atom is 0.339 e. The summed E-state index contributed by atoms with van der Waals surface area (Å²) in [7, 11) is 5.69. The molecule has 0 saturated carbocycles. The number of rotatable bonds is 5. The van der Waals surface area contributed by atoms with Crippen molar-refractivity contribution in [2.75, 3.05) is 24.3 Å². The molecule has 1 aromatic heterocycles. The largest absolute Gasteiger partial charge is 0.478 e. The van der Waals surface area contributed by atoms with Crippen LogP contribution in [-0.4, -0.2) is 35.0 Å². The topological polar surface area (TPSA) is 70.4 Å². The molecule has 6 nitrogen and oxygen atoms in total. The van der Waals surface area contributed by atoms with Crippen molar-refractivity contribution in [2.24, 2.45) is 7.05 Å². The van der Waals surface area contributed by atoms with Gasteiger partial charge in [0.1, 0.15) is 5.56 Å². The predicted molar refractivity (Wildman–Crippen MR) is 78.3 cm³/mol. The molecule has 2 aromatic rings. The summed E-state index contributed by atoms with van der Waals surface area (Å²) in [5, 5.41) is 16.3. The standard InChI is InChI=1S/C14H18N4O2/c1-17(2)11-6-4-5-10(7-11)15-9-13-12(14(19)20)8-16-18(13)3/h4-8,15H,9H2,1-3H3,(H,19,20). The van der Waals surface area contributed by atoms with Crippen LogP contribution in [0.4, 0.5) is 11.4 Å². The Kier molecular flexibility index (Phi) is 3.93. The van der Waals surface area contributed by atoms with Crippen LogP contribution in [0.2, 0.25) is 0 Å². The van der Waals surface area contributed by atoms with Crippen molar-refractivity contribution < 1.29 is 9.90 Å². The highest BCUT2D eigenvalue weighted by atomic mass is 16.4. The van der Waals surface area contributed by atoms with Crippen molar-refractivity contribution in [1.82, 2.24) is 9.78 Å². The fourth-order valence-electron chi connectivity index (χ4n) is 1.93. The number of carbonyl (C=O) groups is 1. The maximum absolute atomic E-state index is 11.1. The van der Waals surface area contributed by atoms with Crippen LogP contribution in [0.25, 0.3) is 0 Å². The van der Waals surface area contributed by atoms with E-state index in [4.69, 9.17) is 5.11 Å². The second kappa shape index (κ2) is 5.64. The van der Waals surface area contributed by atoms with E-state index in [1.165, 1.54) is 6.20 Å². The Balaban J connectivity index is 2.15. The quantitative estimate of drug-likeness (QED) is 0.870. The monoisotopic (exact) mass is 274 g/mol. The van der Waals surface area contributed by atoms with Crippen molar-refractivity contribution in [2.45, 2.75) is 6.54 Å². The first-order valence-corrected chi connectivity index (χ1v) is 6.24. The van der Waals surface area contributed by atoms with Crippen molar-refractivity contribution in [1.29, 1.82) is 0 Å². The smallest absolute Gasteiger partial charge is 0.339 e. The molecule has 0 bridgehead atoms. The number of hydrogen-bond donors (Lipinski definition) is 2. The first kappa shape index (κ1) is 13.9. The van der Waals surface area contributed by atoms with Crippen LogP contribution in [0.3, 0.4) is 0 Å². The molecule has 20 heavy (non-hydrogen) atoms. The molecular weight excluding hydrogens is 256 g/mol. The van der Waals surface area contributed by atoms with Crippen LogP contribution in [-0.2, 0) is 13.6 Å². The van der Waals surface area contributed by atoms with Gasteiger partial charge in [-0.2, -0.15) is 5.10 Å². The Bertz CT molecular complexity index is 619. The molecule has 106 valence electrons. The number of carboxylic acid groups (broad SMARTS) is 1. The normalized spacial score (nSPS) is 10.3. The molecule has 2 N–H and O–H groups in total. The summed E-state index contributed by atoms with van der Waals surface area (Å²) in [5.74, 6) is -0.961. The van der Waals surface area contributed by atoms with Crippen LogP contribution in [0.5, 0.6) is 0 Å². The molecular formula is C14H18N4O2. The number of nitrogens with zero attached hydrogens (tertiary/aromatic N) is 3. The molecule has 0 unspecified atom stereocenters. The third kappa shape index (κ3) is 2.90. The molecule has 0 amide bonds. The SMILES string of the molecule is CN(C)c1cccc(NCc2c(C(=O)O)cnn2C)c1. The average molecular weight is 274 g/mol. The number of aryl methyl sites for hydroxylation is 1. The van der Waals surface area contributed by atoms with Crippen LogP contribution in [0, 0.1) is 0 Å². The van der Waals surface area contributed by atoms with Gasteiger partial charge in [-0.05, 0) is 18.2 Å². The van der Waals surface area contributed by atoms with Gasteiger partial charge in [0.2, 0.25) is 0 Å². The van der Waals surface area contributed by atoms with Crippen molar-refractivity contribution in [3.63, 3.8) is 0 Å². The van der Waals surface area contributed by atoms with Crippen LogP contribution in [0.15, 0.2) is 30.5 Å². The van der Waals surface area contributed by atoms with Crippen LogP contribution in [0.1, 0.15) is 16.1 Å². The van der Waals surface area contributed by atoms with Gasteiger partial charge in [0, 0.05) is 32.5 Å². The lowest BCUT2D eigenvalue weighted by molar-refractivity contribution is 0.0695. The van der Waals surface area contributed by atoms with Crippen molar-refractivity contribution in [3.05, 3.63) is 41.7 Å². The highest BCUT2D eigenvalue weighted by molar-refractivity contribution is 5.88. The zero-order valence-corrected chi connectivity index (χ0v) is 11.8. The van der Waals surface area contributed by atoms with Crippen molar-refractivity contribution in [3.8, 4) is 0 Å². The van der Waals surface area contributed by atoms with E-state index in [2.05, 4.69) is 10.4 Å². The van der Waals surface area contributed by atoms with Crippen molar-refractivity contribution >= 4 is 17.3 Å². The second-order valence-electron chi connectivity index (χ2n) is 4.73. The first-order chi connectivity index (χ1) is 9.49. The van der Waals surface area contributed by atoms with Gasteiger partial charge in [0.15, 0.2) is 0 Å². The first-order valence-electron chi connectivity index (χ1n) is 6.24. The maximum atomic E-state index is 11.1. The zero-order chi connectivity index (χ0) is 14.7. The fraction of sp³-hybridized carbons (Fsp3) is 0.286. The third-order valence-electron chi connectivity index (χ3n) is 3.11. The van der Waals surface area contributed by atoms with E-state index in [-0.39, 0.29) is 5.56 Å². The summed E-state index contributed by atoms with van der Waals surface area (Å²) in [4.78, 5) is 13.1. The predicted octanol–water partition coefficient (Wildman–Crippen LogP) is 1.80. The highest BCUT2D eigenvalue weighted by Gasteiger charge is 2.14. The van der Waals surface area contributed by atoms with Crippen LogP contribution >= 0.6 is 0 Å². The van der Waals surface area contributed by atoms with Gasteiger partial charge in [0.25, 0.3) is 0 Å². The molecule has 0 atom stereocenters. The molecule has 0 aliphatic heterocycles. The number of anilines is 2. The van der Waals surface area contributed by atoms with Crippen LogP contribution < -0.4 is 10.2 Å². The lowest BCUT2D eigenvalue weighted by atomic mass is 10.2. The minimum absolute atomic E-state index is 0.226. The molecule has 2 rings (SSSR count). The number of aromatic nitrogens is 2. The summed E-state index contributed by atoms with van der Waals surface area (Å²) < 4.78 is 1.58. The second-order valence-corrected chi connectivity index (χ2v) is 4.73. The Morgan fingerprint density at radius 1 is 1.45 bits per heavy atom. The Morgan fingerprint density at radius 2 is 2.20 bits per heavy atom. The molecule has 0 aliphatic carbocycles. The number of benzene rings is 1. The molecule has 0 aliphatic rings. The number of aromatic carboxylic acids is 1. The summed E-state index contributed by atoms with van der Waals surface area (Å²) in [6.07, 6.45) is 1.37. The third-order valence-corrected chi connectivity index (χ3v) is 3.11. The molecule has 6 heteroatoms. The highest BCUT2D eigenvalue weighted by Crippen LogP contribution is 2.18. The molecule has 1 heterocycles. The summed E-state index contributed by atoms with van der Waals surface area (Å²) in [6.45, 7) is 0.412. The zero-order valence-electron chi connectivity index (χ0n) is 11.8. The fourth-order valence-corrected chi connectivity index (χ4v) is 1.93. The van der Waals surface area contributed by atoms with E-state index >= 15 is 0 Å². The Hall–Kier alpha value is -2.50. The Morgan fingerprint density at radius 3 is 2.85 bits per heavy atom. The van der Waals surface area contributed by atoms with Gasteiger partial charge in [-0.25, -0.2) is 4.79 Å². The summed E-state index contributed by atoms with van der Waals surface area (Å²) in [6, 6.07) is 7.93. The minimum atomic E-state index is -0.961. The van der Waals surface area contributed by atoms with E-state index in [0.717, 1.165) is 11.4 Å². The molecule has 0 spiro atoms. The number of nitrogens with one attached hydrogen (secondary N) is 1. The van der Waals surface area contributed by atoms with Gasteiger partial charge in [-0.1, -0.05) is 6.07 Å². The minimum Gasteiger partial charge on any atom is -0.478 e. The average Bonchev–Trinajstić information content (AvgIpc) is 2.78. The van der Waals surface area contributed by atoms with Gasteiger partial charge in [0.05, 0.1) is 18.4 Å². The van der Waals surface area contributed by atoms with Gasteiger partial charge in [-0.3, -0.25) is 4.68 Å². The van der Waals surface area contributed by atoms with E-state index < -0.39 is 5.97 Å². The molecule has 1 aromatic carbocycles. The van der Waals surface area contributed by atoms with Gasteiger partial charge in [-0.15, -0.1) is 0 Å². The Labute approximate surface area is 117 Å². The van der Waals surface area contributed by atoms with E-state index in [1.54, 1.807) is 11.7 Å². The molecule has 0 fully saturated rings. The van der Waals surface area contributed by atoms with E-state index in [1.807, 2.05) is 43.3 Å². The van der Waals surface area contributed by atoms with Gasteiger partial charge < -0.3 is 15.3 Å². The lowest BCUT2D eigenvalue weighted by Crippen LogP contribution is -2.11.